The SMILES string of the molecule is Clc1cc(-c2ccc3c(c2)C(c2ccccc2)(c2ccccc2)c2ccccc2-3)nc(-c2ccccc2)n1. The molecule has 0 fully saturated rings. The van der Waals surface area contributed by atoms with Crippen molar-refractivity contribution in [2.75, 3.05) is 0 Å². The fourth-order valence-corrected chi connectivity index (χ4v) is 6.07. The van der Waals surface area contributed by atoms with Gasteiger partial charge in [-0.2, -0.15) is 0 Å². The topological polar surface area (TPSA) is 25.8 Å². The zero-order chi connectivity index (χ0) is 25.5. The second-order valence-corrected chi connectivity index (χ2v) is 9.94. The van der Waals surface area contributed by atoms with Crippen LogP contribution in [-0.2, 0) is 5.41 Å². The van der Waals surface area contributed by atoms with Gasteiger partial charge in [0.2, 0.25) is 0 Å². The van der Waals surface area contributed by atoms with Crippen LogP contribution in [0, 0.1) is 0 Å². The van der Waals surface area contributed by atoms with Gasteiger partial charge in [-0.05, 0) is 39.4 Å². The van der Waals surface area contributed by atoms with Gasteiger partial charge in [-0.1, -0.05) is 139 Å². The Bertz CT molecular complexity index is 1720. The first-order valence-electron chi connectivity index (χ1n) is 12.7. The van der Waals surface area contributed by atoms with Crippen molar-refractivity contribution in [3.05, 3.63) is 167 Å². The summed E-state index contributed by atoms with van der Waals surface area (Å²) >= 11 is 6.54. The van der Waals surface area contributed by atoms with Crippen LogP contribution in [0.5, 0.6) is 0 Å². The van der Waals surface area contributed by atoms with Gasteiger partial charge >= 0.3 is 0 Å². The summed E-state index contributed by atoms with van der Waals surface area (Å²) in [6.07, 6.45) is 0. The first-order chi connectivity index (χ1) is 18.7. The zero-order valence-corrected chi connectivity index (χ0v) is 21.3. The van der Waals surface area contributed by atoms with E-state index in [1.807, 2.05) is 36.4 Å². The molecule has 2 nitrogen and oxygen atoms in total. The summed E-state index contributed by atoms with van der Waals surface area (Å²) in [4.78, 5) is 9.46. The highest BCUT2D eigenvalue weighted by Gasteiger charge is 2.46. The molecule has 38 heavy (non-hydrogen) atoms. The monoisotopic (exact) mass is 506 g/mol. The maximum Gasteiger partial charge on any atom is 0.161 e. The molecule has 5 aromatic carbocycles. The average molecular weight is 507 g/mol. The Morgan fingerprint density at radius 1 is 0.474 bits per heavy atom. The number of halogens is 1. The Kier molecular flexibility index (Phi) is 5.42. The molecule has 6 aromatic rings. The lowest BCUT2D eigenvalue weighted by Gasteiger charge is -2.34. The Morgan fingerprint density at radius 3 is 1.74 bits per heavy atom. The van der Waals surface area contributed by atoms with Gasteiger partial charge in [-0.3, -0.25) is 0 Å². The molecular weight excluding hydrogens is 484 g/mol. The molecule has 0 bridgehead atoms. The maximum absolute atomic E-state index is 6.54. The van der Waals surface area contributed by atoms with Gasteiger partial charge in [0, 0.05) is 17.2 Å². The van der Waals surface area contributed by atoms with E-state index in [4.69, 9.17) is 16.6 Å². The van der Waals surface area contributed by atoms with Gasteiger partial charge in [-0.15, -0.1) is 0 Å². The van der Waals surface area contributed by atoms with Crippen molar-refractivity contribution in [2.24, 2.45) is 0 Å². The van der Waals surface area contributed by atoms with Gasteiger partial charge < -0.3 is 0 Å². The van der Waals surface area contributed by atoms with Gasteiger partial charge in [0.25, 0.3) is 0 Å². The van der Waals surface area contributed by atoms with Gasteiger partial charge in [-0.25, -0.2) is 9.97 Å². The second-order valence-electron chi connectivity index (χ2n) is 9.55. The Morgan fingerprint density at radius 2 is 1.05 bits per heavy atom. The number of hydrogen-bond donors (Lipinski definition) is 0. The second kappa shape index (κ2) is 9.09. The zero-order valence-electron chi connectivity index (χ0n) is 20.6. The third kappa shape index (κ3) is 3.49. The molecule has 1 aliphatic rings. The van der Waals surface area contributed by atoms with Crippen molar-refractivity contribution >= 4 is 11.6 Å². The molecule has 1 aromatic heterocycles. The van der Waals surface area contributed by atoms with E-state index in [-0.39, 0.29) is 0 Å². The van der Waals surface area contributed by atoms with E-state index in [1.165, 1.54) is 33.4 Å². The van der Waals surface area contributed by atoms with E-state index in [2.05, 4.69) is 108 Å². The van der Waals surface area contributed by atoms with Crippen LogP contribution in [0.4, 0.5) is 0 Å². The molecule has 7 rings (SSSR count). The van der Waals surface area contributed by atoms with Crippen LogP contribution in [0.1, 0.15) is 22.3 Å². The fraction of sp³-hybridized carbons (Fsp3) is 0.0286. The summed E-state index contributed by atoms with van der Waals surface area (Å²) in [5.74, 6) is 0.620. The van der Waals surface area contributed by atoms with Crippen LogP contribution < -0.4 is 0 Å². The van der Waals surface area contributed by atoms with Gasteiger partial charge in [0.05, 0.1) is 11.1 Å². The van der Waals surface area contributed by atoms with Crippen molar-refractivity contribution in [1.29, 1.82) is 0 Å². The third-order valence-corrected chi connectivity index (χ3v) is 7.67. The molecule has 0 aliphatic heterocycles. The number of nitrogens with zero attached hydrogens (tertiary/aromatic N) is 2. The van der Waals surface area contributed by atoms with E-state index in [1.54, 1.807) is 0 Å². The average Bonchev–Trinajstić information content (AvgIpc) is 3.29. The summed E-state index contributed by atoms with van der Waals surface area (Å²) in [5, 5.41) is 0.426. The molecule has 1 aliphatic carbocycles. The maximum atomic E-state index is 6.54. The Hall–Kier alpha value is -4.53. The Balaban J connectivity index is 1.51. The van der Waals surface area contributed by atoms with Crippen LogP contribution in [0.25, 0.3) is 33.8 Å². The number of hydrogen-bond acceptors (Lipinski definition) is 2. The van der Waals surface area contributed by atoms with Crippen LogP contribution in [-0.4, -0.2) is 9.97 Å². The summed E-state index contributed by atoms with van der Waals surface area (Å²) in [5.41, 5.74) is 9.79. The quantitative estimate of drug-likeness (QED) is 0.223. The van der Waals surface area contributed by atoms with Crippen molar-refractivity contribution in [3.8, 4) is 33.8 Å². The van der Waals surface area contributed by atoms with Crippen LogP contribution in [0.3, 0.4) is 0 Å². The molecule has 0 spiro atoms. The minimum Gasteiger partial charge on any atom is -0.228 e. The molecule has 0 saturated carbocycles. The standard InChI is InChI=1S/C35H23ClN2/c36-33-23-32(37-34(38-33)24-12-4-1-5-13-24)25-20-21-29-28-18-10-11-19-30(28)35(31(29)22-25,26-14-6-2-7-15-26)27-16-8-3-9-17-27/h1-23H. The van der Waals surface area contributed by atoms with Crippen molar-refractivity contribution in [1.82, 2.24) is 9.97 Å². The summed E-state index contributed by atoms with van der Waals surface area (Å²) < 4.78 is 0. The van der Waals surface area contributed by atoms with Crippen molar-refractivity contribution < 1.29 is 0 Å². The van der Waals surface area contributed by atoms with Crippen LogP contribution >= 0.6 is 11.6 Å². The fourth-order valence-electron chi connectivity index (χ4n) is 5.89. The van der Waals surface area contributed by atoms with Gasteiger partial charge in [0.15, 0.2) is 5.82 Å². The highest BCUT2D eigenvalue weighted by atomic mass is 35.5. The van der Waals surface area contributed by atoms with Crippen molar-refractivity contribution in [2.45, 2.75) is 5.41 Å². The van der Waals surface area contributed by atoms with Crippen LogP contribution in [0.2, 0.25) is 5.15 Å². The van der Waals surface area contributed by atoms with E-state index in [9.17, 15) is 0 Å². The first-order valence-corrected chi connectivity index (χ1v) is 13.1. The van der Waals surface area contributed by atoms with E-state index in [0.29, 0.717) is 11.0 Å². The third-order valence-electron chi connectivity index (χ3n) is 7.48. The van der Waals surface area contributed by atoms with Crippen LogP contribution in [0.15, 0.2) is 140 Å². The first kappa shape index (κ1) is 22.7. The smallest absolute Gasteiger partial charge is 0.161 e. The highest BCUT2D eigenvalue weighted by molar-refractivity contribution is 6.29. The Labute approximate surface area is 227 Å². The number of benzene rings is 5. The molecule has 0 radical (unpaired) electrons. The summed E-state index contributed by atoms with van der Waals surface area (Å²) in [7, 11) is 0. The van der Waals surface area contributed by atoms with Gasteiger partial charge in [0.1, 0.15) is 5.15 Å². The van der Waals surface area contributed by atoms with E-state index >= 15 is 0 Å². The van der Waals surface area contributed by atoms with Crippen molar-refractivity contribution in [3.63, 3.8) is 0 Å². The molecule has 1 heterocycles. The molecule has 0 atom stereocenters. The number of fused-ring (bicyclic) bond motifs is 3. The van der Waals surface area contributed by atoms with E-state index < -0.39 is 5.41 Å². The minimum absolute atomic E-state index is 0.426. The highest BCUT2D eigenvalue weighted by Crippen LogP contribution is 2.56. The molecule has 0 saturated heterocycles. The predicted molar refractivity (Wildman–Crippen MR) is 155 cm³/mol. The number of rotatable bonds is 4. The largest absolute Gasteiger partial charge is 0.228 e. The van der Waals surface area contributed by atoms with E-state index in [0.717, 1.165) is 16.8 Å². The molecule has 3 heteroatoms. The predicted octanol–water partition coefficient (Wildman–Crippen LogP) is 8.83. The number of aromatic nitrogens is 2. The molecule has 0 unspecified atom stereocenters. The molecule has 0 amide bonds. The molecular formula is C35H23ClN2. The lowest BCUT2D eigenvalue weighted by atomic mass is 9.67. The minimum atomic E-state index is -0.455. The normalized spacial score (nSPS) is 13.1. The summed E-state index contributed by atoms with van der Waals surface area (Å²) in [6.45, 7) is 0. The molecule has 180 valence electrons. The lowest BCUT2D eigenvalue weighted by molar-refractivity contribution is 0.768. The molecule has 0 N–H and O–H groups in total. The lowest BCUT2D eigenvalue weighted by Crippen LogP contribution is -2.28. The summed E-state index contributed by atoms with van der Waals surface area (Å²) in [6, 6.07) is 48.9.